The molecule has 2 aliphatic heterocycles. The number of fused-ring (bicyclic) bond motifs is 1. The second-order valence-electron chi connectivity index (χ2n) is 10.4. The van der Waals surface area contributed by atoms with Gasteiger partial charge in [-0.1, -0.05) is 12.1 Å². The molecular weight excluding hydrogens is 484 g/mol. The van der Waals surface area contributed by atoms with Gasteiger partial charge >= 0.3 is 6.03 Å². The third-order valence-corrected chi connectivity index (χ3v) is 8.07. The molecule has 3 aliphatic rings. The maximum absolute atomic E-state index is 13.4. The zero-order chi connectivity index (χ0) is 26.8. The molecule has 0 spiro atoms. The van der Waals surface area contributed by atoms with Crippen LogP contribution in [0, 0.1) is 11.8 Å². The van der Waals surface area contributed by atoms with Crippen LogP contribution >= 0.6 is 0 Å². The van der Waals surface area contributed by atoms with Crippen LogP contribution in [0.15, 0.2) is 48.5 Å². The van der Waals surface area contributed by atoms with Crippen LogP contribution < -0.4 is 15.0 Å². The van der Waals surface area contributed by atoms with Gasteiger partial charge in [-0.25, -0.2) is 4.79 Å². The van der Waals surface area contributed by atoms with Crippen molar-refractivity contribution >= 4 is 29.3 Å². The van der Waals surface area contributed by atoms with Crippen LogP contribution in [-0.4, -0.2) is 72.8 Å². The molecule has 1 aliphatic carbocycles. The largest absolute Gasteiger partial charge is 0.497 e. The van der Waals surface area contributed by atoms with Gasteiger partial charge in [-0.05, 0) is 68.1 Å². The van der Waals surface area contributed by atoms with Crippen LogP contribution in [0.3, 0.4) is 0 Å². The second-order valence-corrected chi connectivity index (χ2v) is 10.4. The Morgan fingerprint density at radius 3 is 2.26 bits per heavy atom. The maximum atomic E-state index is 13.4. The first-order valence-corrected chi connectivity index (χ1v) is 13.2. The summed E-state index contributed by atoms with van der Waals surface area (Å²) in [4.78, 5) is 56.4. The number of carbonyl (C=O) groups is 4. The van der Waals surface area contributed by atoms with E-state index in [-0.39, 0.29) is 42.0 Å². The monoisotopic (exact) mass is 518 g/mol. The molecule has 0 radical (unpaired) electrons. The molecule has 9 nitrogen and oxygen atoms in total. The molecule has 2 saturated heterocycles. The summed E-state index contributed by atoms with van der Waals surface area (Å²) in [6, 6.07) is 14.2. The van der Waals surface area contributed by atoms with Gasteiger partial charge in [-0.3, -0.25) is 19.3 Å². The minimum absolute atomic E-state index is 0.0440. The number of piperazine rings is 1. The highest BCUT2D eigenvalue weighted by Gasteiger charge is 2.46. The summed E-state index contributed by atoms with van der Waals surface area (Å²) in [5.74, 6) is 0.212. The molecule has 2 aromatic carbocycles. The molecule has 2 aromatic rings. The molecule has 3 atom stereocenters. The minimum Gasteiger partial charge on any atom is -0.497 e. The minimum atomic E-state index is -0.399. The Balaban J connectivity index is 1.15. The summed E-state index contributed by atoms with van der Waals surface area (Å²) in [7, 11) is 1.59. The Hall–Kier alpha value is -3.88. The smallest absolute Gasteiger partial charge is 0.324 e. The lowest BCUT2D eigenvalue weighted by atomic mass is 9.76. The van der Waals surface area contributed by atoms with E-state index in [2.05, 4.69) is 10.2 Å². The van der Waals surface area contributed by atoms with Gasteiger partial charge in [0.1, 0.15) is 5.75 Å². The van der Waals surface area contributed by atoms with Crippen LogP contribution in [-0.2, 0) is 16.1 Å². The van der Waals surface area contributed by atoms with Gasteiger partial charge in [0.25, 0.3) is 0 Å². The fraction of sp³-hybridized carbons (Fsp3) is 0.448. The lowest BCUT2D eigenvalue weighted by molar-refractivity contribution is -0.143. The summed E-state index contributed by atoms with van der Waals surface area (Å²) in [5, 5.41) is 3.01. The third kappa shape index (κ3) is 5.23. The van der Waals surface area contributed by atoms with Gasteiger partial charge in [-0.15, -0.1) is 0 Å². The molecule has 0 bridgehead atoms. The number of imide groups is 1. The van der Waals surface area contributed by atoms with Gasteiger partial charge in [0.05, 0.1) is 19.6 Å². The van der Waals surface area contributed by atoms with Gasteiger partial charge < -0.3 is 19.9 Å². The molecule has 3 unspecified atom stereocenters. The first-order chi connectivity index (χ1) is 18.3. The van der Waals surface area contributed by atoms with Crippen LogP contribution in [0.2, 0.25) is 0 Å². The zero-order valence-electron chi connectivity index (χ0n) is 21.9. The standard InChI is InChI=1S/C29H34N4O5/c1-19(34)21-5-8-23(9-6-21)31-13-15-32(16-14-31)27(35)22-7-12-25-26(17-22)30-29(37)33(28(25)36)18-20-3-10-24(38-2)11-4-20/h3-6,8-11,22,25-26H,7,12-18H2,1-2H3,(H,30,37). The summed E-state index contributed by atoms with van der Waals surface area (Å²) < 4.78 is 5.18. The van der Waals surface area contributed by atoms with Gasteiger partial charge in [0.15, 0.2) is 5.78 Å². The molecule has 0 aromatic heterocycles. The average molecular weight is 519 g/mol. The number of nitrogens with one attached hydrogen (secondary N) is 1. The molecule has 9 heteroatoms. The van der Waals surface area contributed by atoms with E-state index in [0.717, 1.165) is 30.1 Å². The van der Waals surface area contributed by atoms with Gasteiger partial charge in [0, 0.05) is 49.4 Å². The summed E-state index contributed by atoms with van der Waals surface area (Å²) in [6.45, 7) is 4.46. The SMILES string of the molecule is COc1ccc(CN2C(=O)NC3CC(C(=O)N4CCN(c5ccc(C(C)=O)cc5)CC4)CCC3C2=O)cc1. The molecule has 1 saturated carbocycles. The van der Waals surface area contributed by atoms with Crippen molar-refractivity contribution in [1.82, 2.24) is 15.1 Å². The Morgan fingerprint density at radius 2 is 1.63 bits per heavy atom. The van der Waals surface area contributed by atoms with E-state index in [1.165, 1.54) is 4.90 Å². The maximum Gasteiger partial charge on any atom is 0.324 e. The van der Waals surface area contributed by atoms with Crippen molar-refractivity contribution in [2.75, 3.05) is 38.2 Å². The number of urea groups is 1. The highest BCUT2D eigenvalue weighted by atomic mass is 16.5. The lowest BCUT2D eigenvalue weighted by Gasteiger charge is -2.43. The van der Waals surface area contributed by atoms with Crippen molar-refractivity contribution in [2.45, 2.75) is 38.8 Å². The summed E-state index contributed by atoms with van der Waals surface area (Å²) >= 11 is 0. The number of hydrogen-bond donors (Lipinski definition) is 1. The number of ether oxygens (including phenoxy) is 1. The lowest BCUT2D eigenvalue weighted by Crippen LogP contribution is -2.62. The molecule has 38 heavy (non-hydrogen) atoms. The molecule has 5 rings (SSSR count). The van der Waals surface area contributed by atoms with E-state index < -0.39 is 6.03 Å². The van der Waals surface area contributed by atoms with Crippen LogP contribution in [0.5, 0.6) is 5.75 Å². The van der Waals surface area contributed by atoms with E-state index in [9.17, 15) is 19.2 Å². The van der Waals surface area contributed by atoms with Gasteiger partial charge in [-0.2, -0.15) is 0 Å². The number of hydrogen-bond acceptors (Lipinski definition) is 6. The van der Waals surface area contributed by atoms with Crippen LogP contribution in [0.4, 0.5) is 10.5 Å². The van der Waals surface area contributed by atoms with Crippen molar-refractivity contribution in [3.63, 3.8) is 0 Å². The Morgan fingerprint density at radius 1 is 0.947 bits per heavy atom. The number of ketones is 1. The quantitative estimate of drug-likeness (QED) is 0.590. The fourth-order valence-electron chi connectivity index (χ4n) is 5.80. The Labute approximate surface area is 222 Å². The molecule has 1 N–H and O–H groups in total. The number of carbonyl (C=O) groups excluding carboxylic acids is 4. The third-order valence-electron chi connectivity index (χ3n) is 8.07. The van der Waals surface area contributed by atoms with Crippen molar-refractivity contribution < 1.29 is 23.9 Å². The molecular formula is C29H34N4O5. The normalized spacial score (nSPS) is 23.5. The number of nitrogens with zero attached hydrogens (tertiary/aromatic N) is 3. The van der Waals surface area contributed by atoms with Crippen LogP contribution in [0.25, 0.3) is 0 Å². The number of anilines is 1. The van der Waals surface area contributed by atoms with E-state index in [1.807, 2.05) is 53.4 Å². The molecule has 2 heterocycles. The number of benzene rings is 2. The fourth-order valence-corrected chi connectivity index (χ4v) is 5.80. The first-order valence-electron chi connectivity index (χ1n) is 13.2. The zero-order valence-corrected chi connectivity index (χ0v) is 21.9. The van der Waals surface area contributed by atoms with Crippen molar-refractivity contribution in [3.05, 3.63) is 59.7 Å². The molecule has 4 amide bonds. The topological polar surface area (TPSA) is 99.3 Å². The van der Waals surface area contributed by atoms with Crippen molar-refractivity contribution in [2.24, 2.45) is 11.8 Å². The molecule has 200 valence electrons. The van der Waals surface area contributed by atoms with Crippen molar-refractivity contribution in [1.29, 1.82) is 0 Å². The summed E-state index contributed by atoms with van der Waals surface area (Å²) in [6.07, 6.45) is 1.72. The van der Waals surface area contributed by atoms with Gasteiger partial charge in [0.2, 0.25) is 11.8 Å². The number of methoxy groups -OCH3 is 1. The predicted octanol–water partition coefficient (Wildman–Crippen LogP) is 3.08. The number of amides is 4. The number of Topliss-reactive ketones (excluding diaryl/α,β-unsaturated/α-hetero) is 1. The summed E-state index contributed by atoms with van der Waals surface area (Å²) in [5.41, 5.74) is 2.59. The van der Waals surface area contributed by atoms with E-state index >= 15 is 0 Å². The van der Waals surface area contributed by atoms with Crippen molar-refractivity contribution in [3.8, 4) is 5.75 Å². The second kappa shape index (κ2) is 10.8. The molecule has 3 fully saturated rings. The highest BCUT2D eigenvalue weighted by molar-refractivity contribution is 5.99. The Bertz CT molecular complexity index is 1200. The van der Waals surface area contributed by atoms with E-state index in [1.54, 1.807) is 14.0 Å². The number of rotatable bonds is 6. The average Bonchev–Trinajstić information content (AvgIpc) is 2.95. The highest BCUT2D eigenvalue weighted by Crippen LogP contribution is 2.35. The Kier molecular flexibility index (Phi) is 7.35. The van der Waals surface area contributed by atoms with Crippen LogP contribution in [0.1, 0.15) is 42.1 Å². The van der Waals surface area contributed by atoms with E-state index in [0.29, 0.717) is 37.9 Å². The predicted molar refractivity (Wildman–Crippen MR) is 142 cm³/mol. The van der Waals surface area contributed by atoms with E-state index in [4.69, 9.17) is 4.74 Å². The first kappa shape index (κ1) is 25.8.